The monoisotopic (exact) mass is 274 g/mol. The molecule has 112 valence electrons. The topological polar surface area (TPSA) is 87.7 Å². The van der Waals surface area contributed by atoms with Crippen LogP contribution in [-0.4, -0.2) is 42.9 Å². The fourth-order valence-electron chi connectivity index (χ4n) is 1.41. The number of carbonyl (C=O) groups excluding carboxylic acids is 1. The average molecular weight is 274 g/mol. The van der Waals surface area contributed by atoms with E-state index in [0.717, 1.165) is 25.9 Å². The van der Waals surface area contributed by atoms with Gasteiger partial charge in [0.1, 0.15) is 0 Å². The SMILES string of the molecule is CCCCOCCCNC(=O)NC(C)CCC(=O)O. The lowest BCUT2D eigenvalue weighted by Crippen LogP contribution is -2.41. The van der Waals surface area contributed by atoms with Crippen LogP contribution in [0.4, 0.5) is 4.79 Å². The molecular weight excluding hydrogens is 248 g/mol. The van der Waals surface area contributed by atoms with E-state index in [1.54, 1.807) is 6.92 Å². The summed E-state index contributed by atoms with van der Waals surface area (Å²) in [7, 11) is 0. The molecule has 0 radical (unpaired) electrons. The van der Waals surface area contributed by atoms with Crippen LogP contribution in [0.25, 0.3) is 0 Å². The summed E-state index contributed by atoms with van der Waals surface area (Å²) in [5, 5.41) is 13.9. The molecule has 0 spiro atoms. The van der Waals surface area contributed by atoms with Crippen molar-refractivity contribution in [1.29, 1.82) is 0 Å². The third kappa shape index (κ3) is 12.9. The number of urea groups is 1. The smallest absolute Gasteiger partial charge is 0.314 e. The van der Waals surface area contributed by atoms with Crippen LogP contribution in [0.2, 0.25) is 0 Å². The maximum atomic E-state index is 11.4. The minimum atomic E-state index is -0.849. The first-order chi connectivity index (χ1) is 9.06. The molecular formula is C13H26N2O4. The number of hydrogen-bond donors (Lipinski definition) is 3. The summed E-state index contributed by atoms with van der Waals surface area (Å²) < 4.78 is 5.36. The molecule has 0 aromatic carbocycles. The second kappa shape index (κ2) is 11.8. The van der Waals surface area contributed by atoms with Gasteiger partial charge in [-0.15, -0.1) is 0 Å². The summed E-state index contributed by atoms with van der Waals surface area (Å²) in [6, 6.07) is -0.400. The highest BCUT2D eigenvalue weighted by atomic mass is 16.5. The van der Waals surface area contributed by atoms with E-state index in [9.17, 15) is 9.59 Å². The van der Waals surface area contributed by atoms with E-state index in [4.69, 9.17) is 9.84 Å². The molecule has 6 heteroatoms. The van der Waals surface area contributed by atoms with Crippen molar-refractivity contribution < 1.29 is 19.4 Å². The van der Waals surface area contributed by atoms with Crippen LogP contribution in [0.3, 0.4) is 0 Å². The number of amides is 2. The molecule has 0 aliphatic rings. The number of aliphatic carboxylic acids is 1. The zero-order valence-corrected chi connectivity index (χ0v) is 11.9. The first-order valence-corrected chi connectivity index (χ1v) is 6.90. The molecule has 0 aliphatic heterocycles. The van der Waals surface area contributed by atoms with Crippen LogP contribution in [0, 0.1) is 0 Å². The molecule has 0 heterocycles. The van der Waals surface area contributed by atoms with Crippen LogP contribution < -0.4 is 10.6 Å². The number of carboxylic acid groups (broad SMARTS) is 1. The Balaban J connectivity index is 3.40. The standard InChI is InChI=1S/C13H26N2O4/c1-3-4-9-19-10-5-8-14-13(18)15-11(2)6-7-12(16)17/h11H,3-10H2,1-2H3,(H,16,17)(H2,14,15,18). The van der Waals surface area contributed by atoms with Gasteiger partial charge in [-0.1, -0.05) is 13.3 Å². The maximum Gasteiger partial charge on any atom is 0.314 e. The number of carboxylic acids is 1. The van der Waals surface area contributed by atoms with Gasteiger partial charge in [-0.05, 0) is 26.2 Å². The highest BCUT2D eigenvalue weighted by Crippen LogP contribution is 1.95. The van der Waals surface area contributed by atoms with Crippen LogP contribution >= 0.6 is 0 Å². The predicted octanol–water partition coefficient (Wildman–Crippen LogP) is 1.75. The van der Waals surface area contributed by atoms with Gasteiger partial charge in [0.2, 0.25) is 0 Å². The number of ether oxygens (including phenoxy) is 1. The van der Waals surface area contributed by atoms with Gasteiger partial charge in [-0.3, -0.25) is 4.79 Å². The summed E-state index contributed by atoms with van der Waals surface area (Å²) in [6.45, 7) is 5.88. The Morgan fingerprint density at radius 1 is 1.26 bits per heavy atom. The van der Waals surface area contributed by atoms with E-state index in [1.165, 1.54) is 0 Å². The second-order valence-corrected chi connectivity index (χ2v) is 4.55. The molecule has 0 saturated heterocycles. The molecule has 0 aromatic rings. The second-order valence-electron chi connectivity index (χ2n) is 4.55. The third-order valence-electron chi connectivity index (χ3n) is 2.56. The van der Waals surface area contributed by atoms with Crippen molar-refractivity contribution in [2.45, 2.75) is 52.0 Å². The quantitative estimate of drug-likeness (QED) is 0.501. The van der Waals surface area contributed by atoms with Gasteiger partial charge in [0.05, 0.1) is 0 Å². The molecule has 0 aliphatic carbocycles. The third-order valence-corrected chi connectivity index (χ3v) is 2.56. The zero-order valence-electron chi connectivity index (χ0n) is 11.9. The number of nitrogens with one attached hydrogen (secondary N) is 2. The van der Waals surface area contributed by atoms with Crippen molar-refractivity contribution in [3.8, 4) is 0 Å². The first-order valence-electron chi connectivity index (χ1n) is 6.90. The normalized spacial score (nSPS) is 11.9. The minimum Gasteiger partial charge on any atom is -0.481 e. The molecule has 3 N–H and O–H groups in total. The Morgan fingerprint density at radius 3 is 2.58 bits per heavy atom. The Labute approximate surface area is 114 Å². The van der Waals surface area contributed by atoms with Gasteiger partial charge < -0.3 is 20.5 Å². The van der Waals surface area contributed by atoms with Crippen LogP contribution in [0.15, 0.2) is 0 Å². The minimum absolute atomic E-state index is 0.0622. The lowest BCUT2D eigenvalue weighted by Gasteiger charge is -2.13. The van der Waals surface area contributed by atoms with Crippen LogP contribution in [-0.2, 0) is 9.53 Å². The van der Waals surface area contributed by atoms with Crippen LogP contribution in [0.5, 0.6) is 0 Å². The molecule has 0 rings (SSSR count). The molecule has 0 saturated carbocycles. The van der Waals surface area contributed by atoms with Crippen molar-refractivity contribution in [3.63, 3.8) is 0 Å². The lowest BCUT2D eigenvalue weighted by molar-refractivity contribution is -0.137. The molecule has 19 heavy (non-hydrogen) atoms. The molecule has 0 fully saturated rings. The Morgan fingerprint density at radius 2 is 1.95 bits per heavy atom. The summed E-state index contributed by atoms with van der Waals surface area (Å²) in [4.78, 5) is 21.8. The number of unbranched alkanes of at least 4 members (excludes halogenated alkanes) is 1. The summed E-state index contributed by atoms with van der Waals surface area (Å²) in [5.41, 5.74) is 0. The molecule has 6 nitrogen and oxygen atoms in total. The van der Waals surface area contributed by atoms with Gasteiger partial charge >= 0.3 is 12.0 Å². The zero-order chi connectivity index (χ0) is 14.5. The fourth-order valence-corrected chi connectivity index (χ4v) is 1.41. The van der Waals surface area contributed by atoms with Gasteiger partial charge in [0.25, 0.3) is 0 Å². The van der Waals surface area contributed by atoms with Crippen molar-refractivity contribution >= 4 is 12.0 Å². The van der Waals surface area contributed by atoms with Crippen molar-refractivity contribution in [2.75, 3.05) is 19.8 Å². The molecule has 0 aromatic heterocycles. The predicted molar refractivity (Wildman–Crippen MR) is 73.2 cm³/mol. The van der Waals surface area contributed by atoms with E-state index in [0.29, 0.717) is 19.6 Å². The van der Waals surface area contributed by atoms with Gasteiger partial charge in [0, 0.05) is 32.2 Å². The van der Waals surface area contributed by atoms with Crippen molar-refractivity contribution in [3.05, 3.63) is 0 Å². The number of hydrogen-bond acceptors (Lipinski definition) is 3. The maximum absolute atomic E-state index is 11.4. The fraction of sp³-hybridized carbons (Fsp3) is 0.846. The Hall–Kier alpha value is -1.30. The largest absolute Gasteiger partial charge is 0.481 e. The summed E-state index contributed by atoms with van der Waals surface area (Å²) in [5.74, 6) is -0.849. The van der Waals surface area contributed by atoms with E-state index < -0.39 is 5.97 Å². The van der Waals surface area contributed by atoms with E-state index in [2.05, 4.69) is 17.6 Å². The highest BCUT2D eigenvalue weighted by molar-refractivity contribution is 5.74. The number of carbonyl (C=O) groups is 2. The van der Waals surface area contributed by atoms with E-state index >= 15 is 0 Å². The highest BCUT2D eigenvalue weighted by Gasteiger charge is 2.08. The van der Waals surface area contributed by atoms with Gasteiger partial charge in [-0.25, -0.2) is 4.79 Å². The van der Waals surface area contributed by atoms with Crippen LogP contribution in [0.1, 0.15) is 46.0 Å². The molecule has 0 bridgehead atoms. The summed E-state index contributed by atoms with van der Waals surface area (Å²) >= 11 is 0. The molecule has 1 atom stereocenters. The average Bonchev–Trinajstić information content (AvgIpc) is 2.35. The van der Waals surface area contributed by atoms with Crippen molar-refractivity contribution in [1.82, 2.24) is 10.6 Å². The van der Waals surface area contributed by atoms with E-state index in [-0.39, 0.29) is 18.5 Å². The van der Waals surface area contributed by atoms with E-state index in [1.807, 2.05) is 0 Å². The molecule has 1 unspecified atom stereocenters. The first kappa shape index (κ1) is 17.7. The summed E-state index contributed by atoms with van der Waals surface area (Å²) in [6.07, 6.45) is 3.46. The Kier molecular flexibility index (Phi) is 11.0. The van der Waals surface area contributed by atoms with Gasteiger partial charge in [0.15, 0.2) is 0 Å². The molecule has 2 amide bonds. The van der Waals surface area contributed by atoms with Crippen molar-refractivity contribution in [2.24, 2.45) is 0 Å². The Bertz CT molecular complexity index is 259. The number of rotatable bonds is 11. The lowest BCUT2D eigenvalue weighted by atomic mass is 10.2. The van der Waals surface area contributed by atoms with Gasteiger partial charge in [-0.2, -0.15) is 0 Å².